The van der Waals surface area contributed by atoms with E-state index in [1.807, 2.05) is 24.3 Å². The quantitative estimate of drug-likeness (QED) is 0.801. The number of hydrogen-bond donors (Lipinski definition) is 3. The number of aliphatic hydroxyl groups is 1. The zero-order valence-corrected chi connectivity index (χ0v) is 13.2. The van der Waals surface area contributed by atoms with E-state index < -0.39 is 18.1 Å². The second-order valence-electron chi connectivity index (χ2n) is 5.63. The molecule has 0 bridgehead atoms. The molecule has 0 spiro atoms. The van der Waals surface area contributed by atoms with Crippen molar-refractivity contribution in [2.45, 2.75) is 31.4 Å². The Morgan fingerprint density at radius 3 is 2.83 bits per heavy atom. The molecule has 3 rings (SSSR count). The molecule has 1 aromatic heterocycles. The Morgan fingerprint density at radius 1 is 1.30 bits per heavy atom. The lowest BCUT2D eigenvalue weighted by Gasteiger charge is -2.31. The number of carboxylic acid groups (broad SMARTS) is 1. The molecule has 0 saturated heterocycles. The van der Waals surface area contributed by atoms with E-state index in [1.54, 1.807) is 0 Å². The van der Waals surface area contributed by atoms with Gasteiger partial charge in [0.1, 0.15) is 0 Å². The van der Waals surface area contributed by atoms with Gasteiger partial charge in [-0.3, -0.25) is 4.79 Å². The average Bonchev–Trinajstić information content (AvgIpc) is 2.99. The molecule has 2 atom stereocenters. The summed E-state index contributed by atoms with van der Waals surface area (Å²) in [6, 6.07) is 8.89. The molecule has 5 nitrogen and oxygen atoms in total. The number of carboxylic acids is 1. The van der Waals surface area contributed by atoms with Crippen LogP contribution < -0.4 is 5.32 Å². The van der Waals surface area contributed by atoms with Crippen LogP contribution in [-0.4, -0.2) is 28.2 Å². The fourth-order valence-electron chi connectivity index (χ4n) is 2.88. The fourth-order valence-corrected chi connectivity index (χ4v) is 3.74. The van der Waals surface area contributed by atoms with Crippen molar-refractivity contribution in [3.05, 3.63) is 57.3 Å². The second kappa shape index (κ2) is 6.52. The van der Waals surface area contributed by atoms with Gasteiger partial charge in [-0.05, 0) is 30.0 Å². The van der Waals surface area contributed by atoms with Crippen molar-refractivity contribution in [3.63, 3.8) is 0 Å². The number of carbonyl (C=O) groups is 2. The SMILES string of the molecule is O=C(Cc1cc(C(=O)O)cs1)N[C@H]1c2ccccc2CC[C@H]1O. The topological polar surface area (TPSA) is 86.6 Å². The van der Waals surface area contributed by atoms with Crippen molar-refractivity contribution < 1.29 is 19.8 Å². The number of aromatic carboxylic acids is 1. The number of rotatable bonds is 4. The minimum Gasteiger partial charge on any atom is -0.478 e. The number of aliphatic hydroxyl groups excluding tert-OH is 1. The fraction of sp³-hybridized carbons (Fsp3) is 0.294. The molecular formula is C17H17NO4S. The van der Waals surface area contributed by atoms with Gasteiger partial charge in [-0.25, -0.2) is 4.79 Å². The van der Waals surface area contributed by atoms with E-state index in [0.717, 1.165) is 17.5 Å². The van der Waals surface area contributed by atoms with Crippen LogP contribution in [0, 0.1) is 0 Å². The summed E-state index contributed by atoms with van der Waals surface area (Å²) < 4.78 is 0. The third-order valence-corrected chi connectivity index (χ3v) is 4.97. The molecule has 0 unspecified atom stereocenters. The monoisotopic (exact) mass is 331 g/mol. The van der Waals surface area contributed by atoms with Gasteiger partial charge in [-0.2, -0.15) is 0 Å². The summed E-state index contributed by atoms with van der Waals surface area (Å²) in [5.74, 6) is -1.21. The van der Waals surface area contributed by atoms with Gasteiger partial charge >= 0.3 is 5.97 Å². The first-order valence-corrected chi connectivity index (χ1v) is 8.28. The molecule has 1 aromatic carbocycles. The van der Waals surface area contributed by atoms with Gasteiger partial charge in [0, 0.05) is 10.3 Å². The summed E-state index contributed by atoms with van der Waals surface area (Å²) in [5.41, 5.74) is 2.30. The van der Waals surface area contributed by atoms with Gasteiger partial charge in [0.05, 0.1) is 24.1 Å². The van der Waals surface area contributed by atoms with Crippen molar-refractivity contribution in [1.29, 1.82) is 0 Å². The largest absolute Gasteiger partial charge is 0.478 e. The molecule has 23 heavy (non-hydrogen) atoms. The molecule has 1 amide bonds. The first kappa shape index (κ1) is 15.7. The molecule has 6 heteroatoms. The highest BCUT2D eigenvalue weighted by atomic mass is 32.1. The first-order valence-electron chi connectivity index (χ1n) is 7.40. The van der Waals surface area contributed by atoms with Crippen molar-refractivity contribution >= 4 is 23.2 Å². The van der Waals surface area contributed by atoms with Crippen LogP contribution in [0.1, 0.15) is 38.8 Å². The Hall–Kier alpha value is -2.18. The van der Waals surface area contributed by atoms with E-state index in [1.165, 1.54) is 22.8 Å². The highest BCUT2D eigenvalue weighted by Crippen LogP contribution is 2.30. The third kappa shape index (κ3) is 3.43. The molecule has 0 radical (unpaired) electrons. The molecular weight excluding hydrogens is 314 g/mol. The molecule has 1 aliphatic rings. The minimum atomic E-state index is -0.996. The number of amides is 1. The van der Waals surface area contributed by atoms with E-state index in [0.29, 0.717) is 11.3 Å². The predicted molar refractivity (Wildman–Crippen MR) is 86.6 cm³/mol. The summed E-state index contributed by atoms with van der Waals surface area (Å²) in [6.07, 6.45) is 0.927. The number of carbonyl (C=O) groups excluding carboxylic acids is 1. The number of fused-ring (bicyclic) bond motifs is 1. The van der Waals surface area contributed by atoms with Crippen molar-refractivity contribution in [2.75, 3.05) is 0 Å². The van der Waals surface area contributed by atoms with Crippen LogP contribution in [0.15, 0.2) is 35.7 Å². The summed E-state index contributed by atoms with van der Waals surface area (Å²) in [4.78, 5) is 23.8. The number of aryl methyl sites for hydroxylation is 1. The van der Waals surface area contributed by atoms with Crippen molar-refractivity contribution in [1.82, 2.24) is 5.32 Å². The predicted octanol–water partition coefficient (Wildman–Crippen LogP) is 2.15. The van der Waals surface area contributed by atoms with E-state index in [2.05, 4.69) is 5.32 Å². The van der Waals surface area contributed by atoms with E-state index >= 15 is 0 Å². The number of benzene rings is 1. The molecule has 1 heterocycles. The Bertz CT molecular complexity index is 740. The van der Waals surface area contributed by atoms with Gasteiger partial charge in [0.2, 0.25) is 5.91 Å². The van der Waals surface area contributed by atoms with E-state index in [4.69, 9.17) is 5.11 Å². The van der Waals surface area contributed by atoms with E-state index in [9.17, 15) is 14.7 Å². The molecule has 120 valence electrons. The van der Waals surface area contributed by atoms with E-state index in [-0.39, 0.29) is 17.9 Å². The van der Waals surface area contributed by atoms with Crippen LogP contribution in [-0.2, 0) is 17.6 Å². The van der Waals surface area contributed by atoms with Crippen LogP contribution in [0.2, 0.25) is 0 Å². The van der Waals surface area contributed by atoms with Gasteiger partial charge in [0.25, 0.3) is 0 Å². The van der Waals surface area contributed by atoms with Crippen LogP contribution in [0.4, 0.5) is 0 Å². The summed E-state index contributed by atoms with van der Waals surface area (Å²) in [5, 5.41) is 23.5. The van der Waals surface area contributed by atoms with Gasteiger partial charge < -0.3 is 15.5 Å². The number of thiophene rings is 1. The van der Waals surface area contributed by atoms with Gasteiger partial charge in [-0.1, -0.05) is 24.3 Å². The Kier molecular flexibility index (Phi) is 4.45. The van der Waals surface area contributed by atoms with Crippen LogP contribution in [0.5, 0.6) is 0 Å². The van der Waals surface area contributed by atoms with Crippen molar-refractivity contribution in [2.24, 2.45) is 0 Å². The Labute approximate surface area is 137 Å². The molecule has 0 fully saturated rings. The van der Waals surface area contributed by atoms with Crippen LogP contribution >= 0.6 is 11.3 Å². The number of hydrogen-bond acceptors (Lipinski definition) is 4. The molecule has 0 aliphatic heterocycles. The lowest BCUT2D eigenvalue weighted by atomic mass is 9.85. The number of nitrogens with one attached hydrogen (secondary N) is 1. The first-order chi connectivity index (χ1) is 11.0. The maximum atomic E-state index is 12.3. The smallest absolute Gasteiger partial charge is 0.336 e. The summed E-state index contributed by atoms with van der Waals surface area (Å²) in [7, 11) is 0. The minimum absolute atomic E-state index is 0.114. The molecule has 2 aromatic rings. The Balaban J connectivity index is 1.71. The van der Waals surface area contributed by atoms with Gasteiger partial charge in [-0.15, -0.1) is 11.3 Å². The summed E-state index contributed by atoms with van der Waals surface area (Å²) in [6.45, 7) is 0. The van der Waals surface area contributed by atoms with Crippen LogP contribution in [0.3, 0.4) is 0 Å². The van der Waals surface area contributed by atoms with Crippen LogP contribution in [0.25, 0.3) is 0 Å². The summed E-state index contributed by atoms with van der Waals surface area (Å²) >= 11 is 1.25. The van der Waals surface area contributed by atoms with Gasteiger partial charge in [0.15, 0.2) is 0 Å². The molecule has 1 aliphatic carbocycles. The maximum Gasteiger partial charge on any atom is 0.336 e. The van der Waals surface area contributed by atoms with Crippen molar-refractivity contribution in [3.8, 4) is 0 Å². The highest BCUT2D eigenvalue weighted by molar-refractivity contribution is 7.10. The highest BCUT2D eigenvalue weighted by Gasteiger charge is 2.29. The normalized spacial score (nSPS) is 19.9. The molecule has 3 N–H and O–H groups in total. The lowest BCUT2D eigenvalue weighted by Crippen LogP contribution is -2.39. The average molecular weight is 331 g/mol. The molecule has 0 saturated carbocycles. The Morgan fingerprint density at radius 2 is 2.09 bits per heavy atom. The maximum absolute atomic E-state index is 12.3. The zero-order chi connectivity index (χ0) is 16.4. The second-order valence-corrected chi connectivity index (χ2v) is 6.63. The lowest BCUT2D eigenvalue weighted by molar-refractivity contribution is -0.122. The standard InChI is InChI=1S/C17H17NO4S/c19-14-6-5-10-3-1-2-4-13(10)16(14)18-15(20)8-12-7-11(9-23-12)17(21)22/h1-4,7,9,14,16,19H,5-6,8H2,(H,18,20)(H,21,22)/t14-,16+/m1/s1. The zero-order valence-electron chi connectivity index (χ0n) is 12.4. The third-order valence-electron chi connectivity index (χ3n) is 4.04.